The molecular weight excluding hydrogens is 236 g/mol. The Labute approximate surface area is 112 Å². The normalized spacial score (nSPS) is 18.0. The van der Waals surface area contributed by atoms with Crippen LogP contribution in [-0.4, -0.2) is 9.97 Å². The minimum absolute atomic E-state index is 0.290. The summed E-state index contributed by atoms with van der Waals surface area (Å²) in [5.74, 6) is 1.46. The Morgan fingerprint density at radius 3 is 2.68 bits per heavy atom. The lowest BCUT2D eigenvalue weighted by atomic mass is 9.83. The third-order valence-electron chi connectivity index (χ3n) is 3.79. The van der Waals surface area contributed by atoms with Gasteiger partial charge in [-0.15, -0.1) is 0 Å². The Morgan fingerprint density at radius 2 is 1.89 bits per heavy atom. The van der Waals surface area contributed by atoms with Gasteiger partial charge in [0.1, 0.15) is 5.82 Å². The third-order valence-corrected chi connectivity index (χ3v) is 3.79. The molecule has 0 fully saturated rings. The number of fused-ring (bicyclic) bond motifs is 1. The monoisotopic (exact) mass is 254 g/mol. The summed E-state index contributed by atoms with van der Waals surface area (Å²) in [5.41, 5.74) is 15.1. The molecule has 0 amide bonds. The van der Waals surface area contributed by atoms with Crippen LogP contribution in [0.15, 0.2) is 30.3 Å². The molecule has 1 aromatic carbocycles. The van der Waals surface area contributed by atoms with Crippen molar-refractivity contribution in [1.29, 1.82) is 0 Å². The Kier molecular flexibility index (Phi) is 3.07. The average Bonchev–Trinajstić information content (AvgIpc) is 2.40. The maximum atomic E-state index is 5.97. The molecule has 0 spiro atoms. The van der Waals surface area contributed by atoms with Crippen LogP contribution in [0, 0.1) is 5.92 Å². The van der Waals surface area contributed by atoms with E-state index in [0.717, 1.165) is 36.9 Å². The first kappa shape index (κ1) is 12.0. The topological polar surface area (TPSA) is 77.8 Å². The van der Waals surface area contributed by atoms with E-state index in [4.69, 9.17) is 11.5 Å². The molecule has 19 heavy (non-hydrogen) atoms. The van der Waals surface area contributed by atoms with Crippen molar-refractivity contribution in [3.8, 4) is 0 Å². The zero-order valence-electron chi connectivity index (χ0n) is 10.8. The molecule has 0 saturated carbocycles. The molecule has 4 N–H and O–H groups in total. The minimum atomic E-state index is 0.290. The van der Waals surface area contributed by atoms with Gasteiger partial charge in [-0.2, -0.15) is 4.98 Å². The van der Waals surface area contributed by atoms with Crippen molar-refractivity contribution in [3.63, 3.8) is 0 Å². The Hall–Kier alpha value is -2.10. The van der Waals surface area contributed by atoms with E-state index in [0.29, 0.717) is 11.7 Å². The predicted octanol–water partition coefficient (Wildman–Crippen LogP) is 1.99. The van der Waals surface area contributed by atoms with Gasteiger partial charge >= 0.3 is 0 Å². The maximum absolute atomic E-state index is 5.97. The summed E-state index contributed by atoms with van der Waals surface area (Å²) in [5, 5.41) is 0. The molecule has 0 aliphatic heterocycles. The molecule has 0 bridgehead atoms. The number of hydrogen-bond acceptors (Lipinski definition) is 4. The van der Waals surface area contributed by atoms with Gasteiger partial charge in [0.05, 0.1) is 5.69 Å². The van der Waals surface area contributed by atoms with Crippen LogP contribution in [0.2, 0.25) is 0 Å². The van der Waals surface area contributed by atoms with Crippen molar-refractivity contribution < 1.29 is 0 Å². The van der Waals surface area contributed by atoms with E-state index in [1.54, 1.807) is 0 Å². The number of aromatic nitrogens is 2. The van der Waals surface area contributed by atoms with Gasteiger partial charge in [-0.3, -0.25) is 0 Å². The summed E-state index contributed by atoms with van der Waals surface area (Å²) in [6.45, 7) is 0. The number of nitrogens with zero attached hydrogens (tertiary/aromatic N) is 2. The fourth-order valence-corrected chi connectivity index (χ4v) is 2.85. The van der Waals surface area contributed by atoms with E-state index in [-0.39, 0.29) is 5.95 Å². The van der Waals surface area contributed by atoms with Crippen LogP contribution >= 0.6 is 0 Å². The van der Waals surface area contributed by atoms with Gasteiger partial charge in [0.15, 0.2) is 0 Å². The van der Waals surface area contributed by atoms with Gasteiger partial charge in [0.25, 0.3) is 0 Å². The van der Waals surface area contributed by atoms with Crippen molar-refractivity contribution in [1.82, 2.24) is 9.97 Å². The standard InChI is InChI=1S/C15H18N4/c16-14-12-9-11(8-10-4-2-1-3-5-10)6-7-13(12)18-15(17)19-14/h1-5,11H,6-9H2,(H4,16,17,18,19)/t11-/m1/s1. The molecule has 1 atom stereocenters. The van der Waals surface area contributed by atoms with E-state index in [1.807, 2.05) is 6.07 Å². The predicted molar refractivity (Wildman–Crippen MR) is 76.5 cm³/mol. The van der Waals surface area contributed by atoms with E-state index in [2.05, 4.69) is 34.2 Å². The second-order valence-electron chi connectivity index (χ2n) is 5.19. The van der Waals surface area contributed by atoms with E-state index < -0.39 is 0 Å². The maximum Gasteiger partial charge on any atom is 0.222 e. The molecule has 3 rings (SSSR count). The first-order valence-electron chi connectivity index (χ1n) is 6.67. The lowest BCUT2D eigenvalue weighted by Crippen LogP contribution is -2.20. The molecule has 2 aromatic rings. The zero-order valence-corrected chi connectivity index (χ0v) is 10.8. The highest BCUT2D eigenvalue weighted by molar-refractivity contribution is 5.47. The van der Waals surface area contributed by atoms with Crippen LogP contribution in [0.4, 0.5) is 11.8 Å². The molecule has 4 heteroatoms. The number of nitrogens with two attached hydrogens (primary N) is 2. The largest absolute Gasteiger partial charge is 0.383 e. The second kappa shape index (κ2) is 4.88. The highest BCUT2D eigenvalue weighted by Gasteiger charge is 2.23. The zero-order chi connectivity index (χ0) is 13.2. The third kappa shape index (κ3) is 2.52. The van der Waals surface area contributed by atoms with E-state index in [9.17, 15) is 0 Å². The lowest BCUT2D eigenvalue weighted by molar-refractivity contribution is 0.450. The summed E-state index contributed by atoms with van der Waals surface area (Å²) in [6, 6.07) is 10.6. The van der Waals surface area contributed by atoms with Gasteiger partial charge in [-0.25, -0.2) is 4.98 Å². The summed E-state index contributed by atoms with van der Waals surface area (Å²) in [7, 11) is 0. The molecule has 1 aliphatic carbocycles. The SMILES string of the molecule is Nc1nc(N)c2c(n1)CC[C@H](Cc1ccccc1)C2. The van der Waals surface area contributed by atoms with E-state index >= 15 is 0 Å². The highest BCUT2D eigenvalue weighted by Crippen LogP contribution is 2.29. The van der Waals surface area contributed by atoms with Crippen LogP contribution in [0.5, 0.6) is 0 Å². The fourth-order valence-electron chi connectivity index (χ4n) is 2.85. The molecular formula is C15H18N4. The summed E-state index contributed by atoms with van der Waals surface area (Å²) in [4.78, 5) is 8.38. The molecule has 1 aromatic heterocycles. The number of benzene rings is 1. The van der Waals surface area contributed by atoms with E-state index in [1.165, 1.54) is 5.56 Å². The van der Waals surface area contributed by atoms with Gasteiger partial charge in [0.2, 0.25) is 5.95 Å². The molecule has 0 radical (unpaired) electrons. The van der Waals surface area contributed by atoms with Gasteiger partial charge in [-0.05, 0) is 37.2 Å². The molecule has 1 heterocycles. The van der Waals surface area contributed by atoms with Crippen molar-refractivity contribution in [2.24, 2.45) is 5.92 Å². The first-order chi connectivity index (χ1) is 9.22. The number of anilines is 2. The van der Waals surface area contributed by atoms with Crippen LogP contribution in [0.25, 0.3) is 0 Å². The van der Waals surface area contributed by atoms with Crippen LogP contribution in [-0.2, 0) is 19.3 Å². The van der Waals surface area contributed by atoms with Crippen molar-refractivity contribution >= 4 is 11.8 Å². The fraction of sp³-hybridized carbons (Fsp3) is 0.333. The van der Waals surface area contributed by atoms with Crippen LogP contribution in [0.3, 0.4) is 0 Å². The van der Waals surface area contributed by atoms with Crippen molar-refractivity contribution in [3.05, 3.63) is 47.2 Å². The van der Waals surface area contributed by atoms with Crippen LogP contribution < -0.4 is 11.5 Å². The van der Waals surface area contributed by atoms with Crippen molar-refractivity contribution in [2.45, 2.75) is 25.7 Å². The Morgan fingerprint density at radius 1 is 1.11 bits per heavy atom. The average molecular weight is 254 g/mol. The molecule has 4 nitrogen and oxygen atoms in total. The second-order valence-corrected chi connectivity index (χ2v) is 5.19. The van der Waals surface area contributed by atoms with Gasteiger partial charge in [0, 0.05) is 5.56 Å². The molecule has 98 valence electrons. The molecule has 1 aliphatic rings. The Bertz CT molecular complexity index is 580. The summed E-state index contributed by atoms with van der Waals surface area (Å²) >= 11 is 0. The highest BCUT2D eigenvalue weighted by atomic mass is 15.0. The summed E-state index contributed by atoms with van der Waals surface area (Å²) in [6.07, 6.45) is 4.13. The quantitative estimate of drug-likeness (QED) is 0.859. The van der Waals surface area contributed by atoms with Gasteiger partial charge in [-0.1, -0.05) is 30.3 Å². The Balaban J connectivity index is 1.79. The van der Waals surface area contributed by atoms with Crippen molar-refractivity contribution in [2.75, 3.05) is 11.5 Å². The lowest BCUT2D eigenvalue weighted by Gasteiger charge is -2.24. The van der Waals surface area contributed by atoms with Crippen LogP contribution in [0.1, 0.15) is 23.2 Å². The number of hydrogen-bond donors (Lipinski definition) is 2. The minimum Gasteiger partial charge on any atom is -0.383 e. The smallest absolute Gasteiger partial charge is 0.222 e. The molecule has 0 unspecified atom stereocenters. The molecule has 0 saturated heterocycles. The first-order valence-corrected chi connectivity index (χ1v) is 6.67. The summed E-state index contributed by atoms with van der Waals surface area (Å²) < 4.78 is 0. The number of aryl methyl sites for hydroxylation is 1. The number of rotatable bonds is 2. The number of nitrogen functional groups attached to an aromatic ring is 2. The van der Waals surface area contributed by atoms with Gasteiger partial charge < -0.3 is 11.5 Å².